The molecule has 0 aromatic rings. The second kappa shape index (κ2) is 16.2. The SMILES string of the molecule is CCCCCCC(C)OCC(C)OCCCNCCCN. The Morgan fingerprint density at radius 3 is 2.38 bits per heavy atom. The van der Waals surface area contributed by atoms with Gasteiger partial charge in [-0.25, -0.2) is 0 Å². The van der Waals surface area contributed by atoms with E-state index in [1.807, 2.05) is 0 Å². The molecule has 0 heterocycles. The zero-order valence-electron chi connectivity index (χ0n) is 14.5. The fraction of sp³-hybridized carbons (Fsp3) is 1.00. The Labute approximate surface area is 132 Å². The lowest BCUT2D eigenvalue weighted by molar-refractivity contribution is -0.0342. The zero-order chi connectivity index (χ0) is 15.8. The third-order valence-electron chi connectivity index (χ3n) is 3.54. The van der Waals surface area contributed by atoms with Gasteiger partial charge in [-0.15, -0.1) is 0 Å². The van der Waals surface area contributed by atoms with E-state index >= 15 is 0 Å². The number of ether oxygens (including phenoxy) is 2. The summed E-state index contributed by atoms with van der Waals surface area (Å²) in [6, 6.07) is 0. The first kappa shape index (κ1) is 20.8. The van der Waals surface area contributed by atoms with Gasteiger partial charge >= 0.3 is 0 Å². The van der Waals surface area contributed by atoms with Crippen molar-refractivity contribution in [2.75, 3.05) is 32.8 Å². The Morgan fingerprint density at radius 1 is 0.905 bits per heavy atom. The van der Waals surface area contributed by atoms with E-state index in [2.05, 4.69) is 26.1 Å². The monoisotopic (exact) mass is 302 g/mol. The number of nitrogens with one attached hydrogen (secondary N) is 1. The van der Waals surface area contributed by atoms with E-state index in [1.54, 1.807) is 0 Å². The van der Waals surface area contributed by atoms with Crippen LogP contribution in [0, 0.1) is 0 Å². The average Bonchev–Trinajstić information content (AvgIpc) is 2.48. The molecule has 0 radical (unpaired) electrons. The molecule has 0 aliphatic heterocycles. The minimum Gasteiger partial charge on any atom is -0.376 e. The van der Waals surface area contributed by atoms with Gasteiger partial charge in [-0.05, 0) is 52.7 Å². The van der Waals surface area contributed by atoms with E-state index in [-0.39, 0.29) is 6.10 Å². The quantitative estimate of drug-likeness (QED) is 0.430. The predicted molar refractivity (Wildman–Crippen MR) is 90.7 cm³/mol. The van der Waals surface area contributed by atoms with Gasteiger partial charge in [0.25, 0.3) is 0 Å². The summed E-state index contributed by atoms with van der Waals surface area (Å²) in [5.74, 6) is 0. The van der Waals surface area contributed by atoms with E-state index in [0.29, 0.717) is 12.7 Å². The Morgan fingerprint density at radius 2 is 1.67 bits per heavy atom. The third kappa shape index (κ3) is 16.0. The van der Waals surface area contributed by atoms with E-state index < -0.39 is 0 Å². The molecule has 2 atom stereocenters. The summed E-state index contributed by atoms with van der Waals surface area (Å²) in [5.41, 5.74) is 5.43. The predicted octanol–water partition coefficient (Wildman–Crippen LogP) is 3.10. The summed E-state index contributed by atoms with van der Waals surface area (Å²) in [6.45, 7) is 10.8. The third-order valence-corrected chi connectivity index (χ3v) is 3.54. The van der Waals surface area contributed by atoms with Crippen molar-refractivity contribution in [1.29, 1.82) is 0 Å². The number of nitrogens with two attached hydrogens (primary N) is 1. The van der Waals surface area contributed by atoms with E-state index in [4.69, 9.17) is 15.2 Å². The minimum absolute atomic E-state index is 0.187. The van der Waals surface area contributed by atoms with Crippen molar-refractivity contribution in [2.45, 2.75) is 77.9 Å². The van der Waals surface area contributed by atoms with Crippen molar-refractivity contribution < 1.29 is 9.47 Å². The first-order chi connectivity index (χ1) is 10.2. The maximum absolute atomic E-state index is 5.84. The van der Waals surface area contributed by atoms with E-state index in [1.165, 1.54) is 25.7 Å². The largest absolute Gasteiger partial charge is 0.376 e. The van der Waals surface area contributed by atoms with Crippen LogP contribution in [0.4, 0.5) is 0 Å². The van der Waals surface area contributed by atoms with Crippen molar-refractivity contribution in [1.82, 2.24) is 5.32 Å². The van der Waals surface area contributed by atoms with Gasteiger partial charge in [0.15, 0.2) is 0 Å². The molecule has 4 heteroatoms. The van der Waals surface area contributed by atoms with Gasteiger partial charge < -0.3 is 20.5 Å². The molecule has 21 heavy (non-hydrogen) atoms. The maximum atomic E-state index is 5.84. The van der Waals surface area contributed by atoms with Crippen LogP contribution in [0.15, 0.2) is 0 Å². The second-order valence-corrected chi connectivity index (χ2v) is 5.92. The molecule has 0 bridgehead atoms. The van der Waals surface area contributed by atoms with Crippen LogP contribution in [0.25, 0.3) is 0 Å². The smallest absolute Gasteiger partial charge is 0.0780 e. The van der Waals surface area contributed by atoms with Gasteiger partial charge in [0.05, 0.1) is 18.8 Å². The molecule has 0 rings (SSSR count). The summed E-state index contributed by atoms with van der Waals surface area (Å²) >= 11 is 0. The molecule has 2 unspecified atom stereocenters. The van der Waals surface area contributed by atoms with Crippen LogP contribution in [0.5, 0.6) is 0 Å². The second-order valence-electron chi connectivity index (χ2n) is 5.92. The fourth-order valence-corrected chi connectivity index (χ4v) is 2.12. The van der Waals surface area contributed by atoms with Crippen LogP contribution in [-0.4, -0.2) is 45.1 Å². The molecule has 0 amide bonds. The maximum Gasteiger partial charge on any atom is 0.0780 e. The normalized spacial score (nSPS) is 14.3. The highest BCUT2D eigenvalue weighted by molar-refractivity contribution is 4.55. The first-order valence-electron chi connectivity index (χ1n) is 8.84. The molecule has 0 aliphatic rings. The van der Waals surface area contributed by atoms with E-state index in [0.717, 1.165) is 45.5 Å². The molecule has 0 aliphatic carbocycles. The summed E-state index contributed by atoms with van der Waals surface area (Å²) in [7, 11) is 0. The molecule has 0 spiro atoms. The number of unbranched alkanes of at least 4 members (excludes halogenated alkanes) is 3. The lowest BCUT2D eigenvalue weighted by Crippen LogP contribution is -2.23. The highest BCUT2D eigenvalue weighted by atomic mass is 16.5. The molecule has 0 aromatic carbocycles. The van der Waals surface area contributed by atoms with Gasteiger partial charge in [0, 0.05) is 6.61 Å². The van der Waals surface area contributed by atoms with Gasteiger partial charge in [0.1, 0.15) is 0 Å². The average molecular weight is 303 g/mol. The number of rotatable bonds is 16. The topological polar surface area (TPSA) is 56.5 Å². The van der Waals surface area contributed by atoms with E-state index in [9.17, 15) is 0 Å². The summed E-state index contributed by atoms with van der Waals surface area (Å²) < 4.78 is 11.6. The highest BCUT2D eigenvalue weighted by Crippen LogP contribution is 2.08. The standard InChI is InChI=1S/C17H38N2O2/c1-4-5-6-7-10-16(2)21-15-17(3)20-14-9-13-19-12-8-11-18/h16-17,19H,4-15,18H2,1-3H3. The van der Waals surface area contributed by atoms with Gasteiger partial charge in [-0.1, -0.05) is 32.6 Å². The highest BCUT2D eigenvalue weighted by Gasteiger charge is 2.06. The Kier molecular flexibility index (Phi) is 16.1. The molecule has 0 saturated carbocycles. The first-order valence-corrected chi connectivity index (χ1v) is 8.84. The van der Waals surface area contributed by atoms with Crippen LogP contribution >= 0.6 is 0 Å². The van der Waals surface area contributed by atoms with Crippen molar-refractivity contribution in [3.8, 4) is 0 Å². The molecule has 4 nitrogen and oxygen atoms in total. The summed E-state index contributed by atoms with van der Waals surface area (Å²) in [4.78, 5) is 0. The van der Waals surface area contributed by atoms with Crippen molar-refractivity contribution >= 4 is 0 Å². The van der Waals surface area contributed by atoms with Crippen LogP contribution < -0.4 is 11.1 Å². The van der Waals surface area contributed by atoms with Gasteiger partial charge in [-0.2, -0.15) is 0 Å². The number of hydrogen-bond acceptors (Lipinski definition) is 4. The molecule has 0 saturated heterocycles. The van der Waals surface area contributed by atoms with Crippen molar-refractivity contribution in [2.24, 2.45) is 5.73 Å². The molecule has 3 N–H and O–H groups in total. The lowest BCUT2D eigenvalue weighted by atomic mass is 10.1. The summed E-state index contributed by atoms with van der Waals surface area (Å²) in [5, 5.41) is 3.35. The van der Waals surface area contributed by atoms with Crippen molar-refractivity contribution in [3.63, 3.8) is 0 Å². The van der Waals surface area contributed by atoms with Gasteiger partial charge in [-0.3, -0.25) is 0 Å². The molecular formula is C17H38N2O2. The summed E-state index contributed by atoms with van der Waals surface area (Å²) in [6.07, 6.45) is 9.03. The molecular weight excluding hydrogens is 264 g/mol. The van der Waals surface area contributed by atoms with Crippen LogP contribution in [0.2, 0.25) is 0 Å². The Balaban J connectivity index is 3.30. The minimum atomic E-state index is 0.187. The molecule has 0 aromatic heterocycles. The Bertz CT molecular complexity index is 203. The molecule has 0 fully saturated rings. The Hall–Kier alpha value is -0.160. The fourth-order valence-electron chi connectivity index (χ4n) is 2.12. The molecule has 128 valence electrons. The van der Waals surface area contributed by atoms with Crippen LogP contribution in [0.3, 0.4) is 0 Å². The van der Waals surface area contributed by atoms with Crippen LogP contribution in [-0.2, 0) is 9.47 Å². The number of hydrogen-bond donors (Lipinski definition) is 2. The van der Waals surface area contributed by atoms with Crippen LogP contribution in [0.1, 0.15) is 65.7 Å². The zero-order valence-corrected chi connectivity index (χ0v) is 14.5. The lowest BCUT2D eigenvalue weighted by Gasteiger charge is -2.17. The van der Waals surface area contributed by atoms with Gasteiger partial charge in [0.2, 0.25) is 0 Å². The van der Waals surface area contributed by atoms with Crippen molar-refractivity contribution in [3.05, 3.63) is 0 Å².